The third-order valence-corrected chi connectivity index (χ3v) is 6.78. The van der Waals surface area contributed by atoms with E-state index in [1.165, 1.54) is 24.3 Å². The number of piperidine rings is 1. The number of carbonyl (C=O) groups is 1. The fourth-order valence-electron chi connectivity index (χ4n) is 3.47. The van der Waals surface area contributed by atoms with Crippen molar-refractivity contribution in [2.45, 2.75) is 43.2 Å². The average Bonchev–Trinajstić information content (AvgIpc) is 2.62. The highest BCUT2D eigenvalue weighted by Crippen LogP contribution is 2.38. The van der Waals surface area contributed by atoms with Crippen molar-refractivity contribution < 1.29 is 13.2 Å². The second kappa shape index (κ2) is 6.98. The van der Waals surface area contributed by atoms with Crippen LogP contribution in [0.4, 0.5) is 0 Å². The fraction of sp³-hybridized carbons (Fsp3) is 0.316. The number of rotatable bonds is 4. The highest BCUT2D eigenvalue weighted by atomic mass is 32.2. The van der Waals surface area contributed by atoms with Gasteiger partial charge in [-0.1, -0.05) is 30.3 Å². The van der Waals surface area contributed by atoms with Crippen molar-refractivity contribution in [2.24, 2.45) is 5.73 Å². The van der Waals surface area contributed by atoms with Gasteiger partial charge in [0.05, 0.1) is 10.9 Å². The summed E-state index contributed by atoms with van der Waals surface area (Å²) in [6.45, 7) is 1.95. The molecule has 2 atom stereocenters. The monoisotopic (exact) mass is 358 g/mol. The largest absolute Gasteiger partial charge is 0.366 e. The van der Waals surface area contributed by atoms with Crippen LogP contribution in [0.5, 0.6) is 0 Å². The van der Waals surface area contributed by atoms with Crippen molar-refractivity contribution in [2.75, 3.05) is 0 Å². The molecular weight excluding hydrogens is 336 g/mol. The first kappa shape index (κ1) is 17.6. The molecular formula is C19H22N2O3S. The summed E-state index contributed by atoms with van der Waals surface area (Å²) >= 11 is 0. The summed E-state index contributed by atoms with van der Waals surface area (Å²) < 4.78 is 28.2. The van der Waals surface area contributed by atoms with E-state index < -0.39 is 15.9 Å². The predicted octanol–water partition coefficient (Wildman–Crippen LogP) is 3.09. The number of amides is 1. The smallest absolute Gasteiger partial charge is 0.248 e. The molecule has 0 aliphatic carbocycles. The molecule has 0 spiro atoms. The quantitative estimate of drug-likeness (QED) is 0.912. The lowest BCUT2D eigenvalue weighted by Crippen LogP contribution is -2.44. The Morgan fingerprint density at radius 1 is 1.04 bits per heavy atom. The molecule has 0 radical (unpaired) electrons. The van der Waals surface area contributed by atoms with Gasteiger partial charge >= 0.3 is 0 Å². The second-order valence-corrected chi connectivity index (χ2v) is 8.27. The van der Waals surface area contributed by atoms with Gasteiger partial charge in [0.2, 0.25) is 15.9 Å². The lowest BCUT2D eigenvalue weighted by atomic mass is 9.94. The van der Waals surface area contributed by atoms with E-state index in [1.807, 2.05) is 37.3 Å². The summed E-state index contributed by atoms with van der Waals surface area (Å²) in [5, 5.41) is 0. The van der Waals surface area contributed by atoms with Crippen LogP contribution in [0.15, 0.2) is 59.5 Å². The van der Waals surface area contributed by atoms with Crippen LogP contribution in [0.1, 0.15) is 48.1 Å². The SMILES string of the molecule is C[C@H]1CCC[C@@H](c2ccccc2)N1S(=O)(=O)c1ccc(C(N)=O)cc1. The van der Waals surface area contributed by atoms with Crippen molar-refractivity contribution in [3.63, 3.8) is 0 Å². The third-order valence-electron chi connectivity index (χ3n) is 4.74. The first-order chi connectivity index (χ1) is 11.9. The minimum atomic E-state index is -3.67. The van der Waals surface area contributed by atoms with Gasteiger partial charge in [0.15, 0.2) is 0 Å². The molecule has 0 aromatic heterocycles. The van der Waals surface area contributed by atoms with Gasteiger partial charge in [0.1, 0.15) is 0 Å². The summed E-state index contributed by atoms with van der Waals surface area (Å²) in [5.74, 6) is -0.572. The van der Waals surface area contributed by atoms with E-state index >= 15 is 0 Å². The first-order valence-corrected chi connectivity index (χ1v) is 9.83. The van der Waals surface area contributed by atoms with Crippen LogP contribution >= 0.6 is 0 Å². The Morgan fingerprint density at radius 3 is 2.28 bits per heavy atom. The summed E-state index contributed by atoms with van der Waals surface area (Å²) in [7, 11) is -3.67. The molecule has 0 unspecified atom stereocenters. The minimum absolute atomic E-state index is 0.0835. The topological polar surface area (TPSA) is 80.5 Å². The number of benzene rings is 2. The molecule has 0 bridgehead atoms. The van der Waals surface area contributed by atoms with E-state index in [2.05, 4.69) is 0 Å². The molecule has 6 heteroatoms. The Kier molecular flexibility index (Phi) is 4.92. The lowest BCUT2D eigenvalue weighted by molar-refractivity contribution is 0.1000. The molecule has 1 heterocycles. The molecule has 2 aromatic carbocycles. The number of nitrogens with two attached hydrogens (primary N) is 1. The maximum Gasteiger partial charge on any atom is 0.248 e. The van der Waals surface area contributed by atoms with Gasteiger partial charge in [0, 0.05) is 11.6 Å². The summed E-state index contributed by atoms with van der Waals surface area (Å²) in [6, 6.07) is 15.3. The normalized spacial score (nSPS) is 21.8. The van der Waals surface area contributed by atoms with Gasteiger partial charge in [-0.25, -0.2) is 8.42 Å². The van der Waals surface area contributed by atoms with Gasteiger partial charge in [-0.3, -0.25) is 4.79 Å². The van der Waals surface area contributed by atoms with Crippen LogP contribution < -0.4 is 5.73 Å². The van der Waals surface area contributed by atoms with Crippen LogP contribution in [0.3, 0.4) is 0 Å². The highest BCUT2D eigenvalue weighted by Gasteiger charge is 2.38. The van der Waals surface area contributed by atoms with Gasteiger partial charge in [0.25, 0.3) is 0 Å². The number of nitrogens with zero attached hydrogens (tertiary/aromatic N) is 1. The van der Waals surface area contributed by atoms with E-state index in [4.69, 9.17) is 5.73 Å². The molecule has 3 rings (SSSR count). The zero-order chi connectivity index (χ0) is 18.0. The zero-order valence-electron chi connectivity index (χ0n) is 14.1. The van der Waals surface area contributed by atoms with Crippen LogP contribution in [0.2, 0.25) is 0 Å². The van der Waals surface area contributed by atoms with Gasteiger partial charge in [-0.15, -0.1) is 0 Å². The molecule has 2 N–H and O–H groups in total. The molecule has 0 saturated carbocycles. The molecule has 2 aromatic rings. The van der Waals surface area contributed by atoms with Gasteiger partial charge < -0.3 is 5.73 Å². The summed E-state index contributed by atoms with van der Waals surface area (Å²) in [5.41, 5.74) is 6.54. The molecule has 1 amide bonds. The van der Waals surface area contributed by atoms with E-state index in [0.717, 1.165) is 24.8 Å². The predicted molar refractivity (Wildman–Crippen MR) is 96.5 cm³/mol. The molecule has 25 heavy (non-hydrogen) atoms. The number of hydrogen-bond donors (Lipinski definition) is 1. The third kappa shape index (κ3) is 3.45. The van der Waals surface area contributed by atoms with Crippen LogP contribution in [-0.2, 0) is 10.0 Å². The van der Waals surface area contributed by atoms with Crippen molar-refractivity contribution in [3.05, 3.63) is 65.7 Å². The molecule has 132 valence electrons. The summed E-state index contributed by atoms with van der Waals surface area (Å²) in [4.78, 5) is 11.4. The number of primary amides is 1. The van der Waals surface area contributed by atoms with Gasteiger partial charge in [-0.2, -0.15) is 4.31 Å². The fourth-order valence-corrected chi connectivity index (χ4v) is 5.34. The van der Waals surface area contributed by atoms with E-state index in [0.29, 0.717) is 5.56 Å². The molecule has 5 nitrogen and oxygen atoms in total. The Bertz CT molecular complexity index is 848. The minimum Gasteiger partial charge on any atom is -0.366 e. The molecule has 1 fully saturated rings. The van der Waals surface area contributed by atoms with Crippen LogP contribution in [-0.4, -0.2) is 24.7 Å². The average molecular weight is 358 g/mol. The number of sulfonamides is 1. The highest BCUT2D eigenvalue weighted by molar-refractivity contribution is 7.89. The second-order valence-electron chi connectivity index (χ2n) is 6.43. The first-order valence-electron chi connectivity index (χ1n) is 8.39. The summed E-state index contributed by atoms with van der Waals surface area (Å²) in [6.07, 6.45) is 2.63. The van der Waals surface area contributed by atoms with E-state index in [-0.39, 0.29) is 17.0 Å². The van der Waals surface area contributed by atoms with E-state index in [9.17, 15) is 13.2 Å². The van der Waals surface area contributed by atoms with Crippen molar-refractivity contribution in [1.29, 1.82) is 0 Å². The lowest BCUT2D eigenvalue weighted by Gasteiger charge is -2.39. The maximum absolute atomic E-state index is 13.3. The Hall–Kier alpha value is -2.18. The van der Waals surface area contributed by atoms with Crippen molar-refractivity contribution in [3.8, 4) is 0 Å². The number of hydrogen-bond acceptors (Lipinski definition) is 3. The van der Waals surface area contributed by atoms with Crippen LogP contribution in [0.25, 0.3) is 0 Å². The van der Waals surface area contributed by atoms with Crippen molar-refractivity contribution in [1.82, 2.24) is 4.31 Å². The van der Waals surface area contributed by atoms with E-state index in [1.54, 1.807) is 4.31 Å². The molecule has 1 aliphatic heterocycles. The zero-order valence-corrected chi connectivity index (χ0v) is 14.9. The Balaban J connectivity index is 2.01. The van der Waals surface area contributed by atoms with Gasteiger partial charge in [-0.05, 0) is 56.0 Å². The molecule has 1 aliphatic rings. The Morgan fingerprint density at radius 2 is 1.68 bits per heavy atom. The molecule has 1 saturated heterocycles. The van der Waals surface area contributed by atoms with Crippen molar-refractivity contribution >= 4 is 15.9 Å². The number of carbonyl (C=O) groups excluding carboxylic acids is 1. The standard InChI is InChI=1S/C19H22N2O3S/c1-14-6-5-9-18(15-7-3-2-4-8-15)21(14)25(23,24)17-12-10-16(11-13-17)19(20)22/h2-4,7-8,10-14,18H,5-6,9H2,1H3,(H2,20,22)/t14-,18-/m0/s1. The van der Waals surface area contributed by atoms with Crippen LogP contribution in [0, 0.1) is 0 Å². The maximum atomic E-state index is 13.3. The Labute approximate surface area is 148 Å².